The molecule has 4 rings (SSSR count). The van der Waals surface area contributed by atoms with E-state index in [0.717, 1.165) is 11.3 Å². The summed E-state index contributed by atoms with van der Waals surface area (Å²) in [4.78, 5) is 14.6. The predicted molar refractivity (Wildman–Crippen MR) is 118 cm³/mol. The number of methoxy groups -OCH3 is 2. The summed E-state index contributed by atoms with van der Waals surface area (Å²) >= 11 is 0. The van der Waals surface area contributed by atoms with Gasteiger partial charge in [-0.3, -0.25) is 0 Å². The van der Waals surface area contributed by atoms with E-state index in [1.807, 2.05) is 36.4 Å². The van der Waals surface area contributed by atoms with Crippen LogP contribution in [0.1, 0.15) is 11.5 Å². The van der Waals surface area contributed by atoms with Crippen LogP contribution in [0.15, 0.2) is 81.9 Å². The van der Waals surface area contributed by atoms with Gasteiger partial charge in [0.25, 0.3) is 0 Å². The van der Waals surface area contributed by atoms with Crippen molar-refractivity contribution in [1.29, 1.82) is 0 Å². The SMILES string of the molecule is COc1ccc(NC(=O)N(Cc2cc(-c3ccc(OC)cc3)on2)Cc2ccco2)cc1. The lowest BCUT2D eigenvalue weighted by Crippen LogP contribution is -2.34. The number of hydrogen-bond acceptors (Lipinski definition) is 6. The number of nitrogens with one attached hydrogen (secondary N) is 1. The summed E-state index contributed by atoms with van der Waals surface area (Å²) in [6, 6.07) is 19.7. The Balaban J connectivity index is 1.50. The Morgan fingerprint density at radius 1 is 0.969 bits per heavy atom. The van der Waals surface area contributed by atoms with Crippen molar-refractivity contribution in [3.63, 3.8) is 0 Å². The third-order valence-corrected chi connectivity index (χ3v) is 4.84. The second-order valence-corrected chi connectivity index (χ2v) is 7.01. The highest BCUT2D eigenvalue weighted by molar-refractivity contribution is 5.89. The van der Waals surface area contributed by atoms with Crippen LogP contribution >= 0.6 is 0 Å². The van der Waals surface area contributed by atoms with Crippen LogP contribution in [0, 0.1) is 0 Å². The smallest absolute Gasteiger partial charge is 0.322 e. The van der Waals surface area contributed by atoms with E-state index in [1.54, 1.807) is 55.7 Å². The molecule has 0 radical (unpaired) electrons. The first kappa shape index (κ1) is 21.0. The second kappa shape index (κ2) is 9.74. The first-order chi connectivity index (χ1) is 15.6. The summed E-state index contributed by atoms with van der Waals surface area (Å²) in [5.41, 5.74) is 2.14. The van der Waals surface area contributed by atoms with E-state index in [4.69, 9.17) is 18.4 Å². The highest BCUT2D eigenvalue weighted by Gasteiger charge is 2.19. The Hall–Kier alpha value is -4.20. The average molecular weight is 433 g/mol. The number of benzene rings is 2. The zero-order valence-electron chi connectivity index (χ0n) is 17.8. The Labute approximate surface area is 185 Å². The molecule has 4 aromatic rings. The molecule has 0 aliphatic heterocycles. The molecule has 0 aliphatic carbocycles. The molecule has 8 heteroatoms. The van der Waals surface area contributed by atoms with Crippen LogP contribution < -0.4 is 14.8 Å². The minimum atomic E-state index is -0.291. The van der Waals surface area contributed by atoms with Crippen LogP contribution in [0.5, 0.6) is 11.5 Å². The van der Waals surface area contributed by atoms with Crippen molar-refractivity contribution in [1.82, 2.24) is 10.1 Å². The van der Waals surface area contributed by atoms with Crippen LogP contribution in [-0.2, 0) is 13.1 Å². The molecule has 1 N–H and O–H groups in total. The van der Waals surface area contributed by atoms with Gasteiger partial charge < -0.3 is 28.6 Å². The summed E-state index contributed by atoms with van der Waals surface area (Å²) in [5.74, 6) is 2.74. The van der Waals surface area contributed by atoms with E-state index in [-0.39, 0.29) is 19.1 Å². The van der Waals surface area contributed by atoms with Gasteiger partial charge in [0, 0.05) is 17.3 Å². The van der Waals surface area contributed by atoms with Crippen molar-refractivity contribution < 1.29 is 23.2 Å². The second-order valence-electron chi connectivity index (χ2n) is 7.01. The van der Waals surface area contributed by atoms with Crippen LogP contribution in [0.4, 0.5) is 10.5 Å². The molecule has 0 fully saturated rings. The van der Waals surface area contributed by atoms with E-state index in [0.29, 0.717) is 28.7 Å². The number of carbonyl (C=O) groups excluding carboxylic acids is 1. The average Bonchev–Trinajstić information content (AvgIpc) is 3.51. The lowest BCUT2D eigenvalue weighted by Gasteiger charge is -2.21. The maximum atomic E-state index is 13.0. The van der Waals surface area contributed by atoms with Crippen molar-refractivity contribution in [2.24, 2.45) is 0 Å². The van der Waals surface area contributed by atoms with Gasteiger partial charge in [-0.05, 0) is 60.7 Å². The lowest BCUT2D eigenvalue weighted by atomic mass is 10.1. The molecule has 0 saturated heterocycles. The number of rotatable bonds is 8. The van der Waals surface area contributed by atoms with Crippen molar-refractivity contribution in [2.45, 2.75) is 13.1 Å². The Morgan fingerprint density at radius 3 is 2.28 bits per heavy atom. The maximum Gasteiger partial charge on any atom is 0.322 e. The van der Waals surface area contributed by atoms with E-state index in [1.165, 1.54) is 0 Å². The fourth-order valence-corrected chi connectivity index (χ4v) is 3.14. The molecular formula is C24H23N3O5. The number of amides is 2. The quantitative estimate of drug-likeness (QED) is 0.411. The van der Waals surface area contributed by atoms with Gasteiger partial charge in [-0.2, -0.15) is 0 Å². The van der Waals surface area contributed by atoms with Crippen molar-refractivity contribution >= 4 is 11.7 Å². The molecule has 0 atom stereocenters. The van der Waals surface area contributed by atoms with Gasteiger partial charge in [-0.1, -0.05) is 5.16 Å². The van der Waals surface area contributed by atoms with E-state index < -0.39 is 0 Å². The molecule has 2 aromatic carbocycles. The Bertz CT molecular complexity index is 1140. The van der Waals surface area contributed by atoms with Gasteiger partial charge >= 0.3 is 6.03 Å². The molecule has 0 bridgehead atoms. The van der Waals surface area contributed by atoms with Crippen LogP contribution in [0.3, 0.4) is 0 Å². The van der Waals surface area contributed by atoms with Gasteiger partial charge in [0.15, 0.2) is 5.76 Å². The normalized spacial score (nSPS) is 10.6. The summed E-state index contributed by atoms with van der Waals surface area (Å²) in [6.07, 6.45) is 1.58. The topological polar surface area (TPSA) is 90.0 Å². The van der Waals surface area contributed by atoms with Crippen molar-refractivity contribution in [2.75, 3.05) is 19.5 Å². The summed E-state index contributed by atoms with van der Waals surface area (Å²) < 4.78 is 21.3. The fourth-order valence-electron chi connectivity index (χ4n) is 3.14. The summed E-state index contributed by atoms with van der Waals surface area (Å²) in [6.45, 7) is 0.516. The zero-order chi connectivity index (χ0) is 22.3. The van der Waals surface area contributed by atoms with E-state index in [2.05, 4.69) is 10.5 Å². The minimum absolute atomic E-state index is 0.238. The van der Waals surface area contributed by atoms with Gasteiger partial charge in [-0.15, -0.1) is 0 Å². The van der Waals surface area contributed by atoms with E-state index in [9.17, 15) is 4.79 Å². The number of nitrogens with zero attached hydrogens (tertiary/aromatic N) is 2. The largest absolute Gasteiger partial charge is 0.497 e. The molecular weight excluding hydrogens is 410 g/mol. The monoisotopic (exact) mass is 433 g/mol. The molecule has 164 valence electrons. The van der Waals surface area contributed by atoms with Gasteiger partial charge in [0.1, 0.15) is 23.0 Å². The van der Waals surface area contributed by atoms with Crippen molar-refractivity contribution in [3.8, 4) is 22.8 Å². The third kappa shape index (κ3) is 5.10. The molecule has 2 amide bonds. The Morgan fingerprint density at radius 2 is 1.66 bits per heavy atom. The summed E-state index contributed by atoms with van der Waals surface area (Å²) in [5, 5.41) is 7.04. The highest BCUT2D eigenvalue weighted by Crippen LogP contribution is 2.24. The maximum absolute atomic E-state index is 13.0. The molecule has 0 unspecified atom stereocenters. The Kier molecular flexibility index (Phi) is 6.41. The fraction of sp³-hybridized carbons (Fsp3) is 0.167. The van der Waals surface area contributed by atoms with Crippen LogP contribution in [-0.4, -0.2) is 30.3 Å². The highest BCUT2D eigenvalue weighted by atomic mass is 16.5. The number of furan rings is 1. The van der Waals surface area contributed by atoms with Gasteiger partial charge in [0.2, 0.25) is 0 Å². The van der Waals surface area contributed by atoms with Gasteiger partial charge in [0.05, 0.1) is 33.6 Å². The standard InChI is InChI=1S/C24H23N3O5/c1-29-20-9-5-17(6-10-20)23-14-19(26-32-23)15-27(16-22-4-3-13-31-22)24(28)25-18-7-11-21(30-2)12-8-18/h3-14H,15-16H2,1-2H3,(H,25,28). The number of aromatic nitrogens is 1. The van der Waals surface area contributed by atoms with Crippen molar-refractivity contribution in [3.05, 3.63) is 84.4 Å². The van der Waals surface area contributed by atoms with Crippen LogP contribution in [0.25, 0.3) is 11.3 Å². The molecule has 2 aromatic heterocycles. The first-order valence-electron chi connectivity index (χ1n) is 9.97. The number of anilines is 1. The van der Waals surface area contributed by atoms with Gasteiger partial charge in [-0.25, -0.2) is 4.79 Å². The molecule has 32 heavy (non-hydrogen) atoms. The number of hydrogen-bond donors (Lipinski definition) is 1. The number of carbonyl (C=O) groups is 1. The van der Waals surface area contributed by atoms with Crippen LogP contribution in [0.2, 0.25) is 0 Å². The molecule has 0 saturated carbocycles. The lowest BCUT2D eigenvalue weighted by molar-refractivity contribution is 0.199. The van der Waals surface area contributed by atoms with E-state index >= 15 is 0 Å². The zero-order valence-corrected chi connectivity index (χ0v) is 17.8. The third-order valence-electron chi connectivity index (χ3n) is 4.84. The number of urea groups is 1. The number of ether oxygens (including phenoxy) is 2. The molecule has 0 spiro atoms. The molecule has 2 heterocycles. The minimum Gasteiger partial charge on any atom is -0.497 e. The molecule has 8 nitrogen and oxygen atoms in total. The summed E-state index contributed by atoms with van der Waals surface area (Å²) in [7, 11) is 3.21. The molecule has 0 aliphatic rings. The first-order valence-corrected chi connectivity index (χ1v) is 9.97. The predicted octanol–water partition coefficient (Wildman–Crippen LogP) is 5.19.